The minimum atomic E-state index is -0.00710. The van der Waals surface area contributed by atoms with Crippen molar-refractivity contribution in [3.63, 3.8) is 0 Å². The molecule has 0 saturated heterocycles. The molecule has 2 aromatic rings. The molecule has 2 N–H and O–H groups in total. The molecule has 0 fully saturated rings. The first kappa shape index (κ1) is 12.3. The Morgan fingerprint density at radius 1 is 0.889 bits per heavy atom. The zero-order valence-electron chi connectivity index (χ0n) is 9.82. The van der Waals surface area contributed by atoms with Gasteiger partial charge in [-0.15, -0.1) is 5.11 Å². The maximum atomic E-state index is 9.93. The van der Waals surface area contributed by atoms with Crippen LogP contribution < -0.4 is 0 Å². The molecule has 0 aromatic heterocycles. The van der Waals surface area contributed by atoms with E-state index in [2.05, 4.69) is 10.2 Å². The number of hydrogen-bond acceptors (Lipinski definition) is 4. The van der Waals surface area contributed by atoms with Crippen molar-refractivity contribution >= 4 is 11.4 Å². The van der Waals surface area contributed by atoms with Crippen LogP contribution in [0, 0.1) is 0 Å². The second kappa shape index (κ2) is 5.93. The third kappa shape index (κ3) is 2.93. The number of aromatic hydroxyl groups is 1. The van der Waals surface area contributed by atoms with E-state index in [4.69, 9.17) is 5.11 Å². The molecule has 4 nitrogen and oxygen atoms in total. The highest BCUT2D eigenvalue weighted by molar-refractivity contribution is 5.55. The fraction of sp³-hybridized carbons (Fsp3) is 0.143. The Balaban J connectivity index is 2.24. The Hall–Kier alpha value is -2.20. The molecule has 92 valence electrons. The standard InChI is InChI=1S/C14H14N2O2/c17-10-9-11-5-4-8-13(14(11)18)16-15-12-6-2-1-3-7-12/h1-8,17-18H,9-10H2. The minimum absolute atomic E-state index is 0.00710. The average Bonchev–Trinajstić information content (AvgIpc) is 2.41. The van der Waals surface area contributed by atoms with Crippen molar-refractivity contribution in [2.24, 2.45) is 10.2 Å². The fourth-order valence-corrected chi connectivity index (χ4v) is 1.59. The summed E-state index contributed by atoms with van der Waals surface area (Å²) in [7, 11) is 0. The molecule has 0 spiro atoms. The van der Waals surface area contributed by atoms with Gasteiger partial charge in [0.1, 0.15) is 11.4 Å². The predicted molar refractivity (Wildman–Crippen MR) is 69.5 cm³/mol. The monoisotopic (exact) mass is 242 g/mol. The van der Waals surface area contributed by atoms with E-state index in [-0.39, 0.29) is 12.4 Å². The van der Waals surface area contributed by atoms with Crippen molar-refractivity contribution in [3.8, 4) is 5.75 Å². The van der Waals surface area contributed by atoms with Gasteiger partial charge < -0.3 is 10.2 Å². The Bertz CT molecular complexity index is 539. The lowest BCUT2D eigenvalue weighted by Gasteiger charge is -2.04. The van der Waals surface area contributed by atoms with E-state index in [1.807, 2.05) is 30.3 Å². The molecule has 0 amide bonds. The van der Waals surface area contributed by atoms with Crippen LogP contribution >= 0.6 is 0 Å². The number of rotatable bonds is 4. The Labute approximate surface area is 105 Å². The minimum Gasteiger partial charge on any atom is -0.505 e. The van der Waals surface area contributed by atoms with Gasteiger partial charge in [-0.2, -0.15) is 5.11 Å². The van der Waals surface area contributed by atoms with Gasteiger partial charge in [-0.25, -0.2) is 0 Å². The fourth-order valence-electron chi connectivity index (χ4n) is 1.59. The van der Waals surface area contributed by atoms with Crippen molar-refractivity contribution in [2.45, 2.75) is 6.42 Å². The highest BCUT2D eigenvalue weighted by atomic mass is 16.3. The first-order valence-electron chi connectivity index (χ1n) is 5.70. The van der Waals surface area contributed by atoms with Crippen molar-refractivity contribution < 1.29 is 10.2 Å². The molecule has 0 bridgehead atoms. The molecule has 2 rings (SSSR count). The number of para-hydroxylation sites is 1. The number of benzene rings is 2. The topological polar surface area (TPSA) is 65.2 Å². The summed E-state index contributed by atoms with van der Waals surface area (Å²) in [4.78, 5) is 0. The maximum absolute atomic E-state index is 9.93. The van der Waals surface area contributed by atoms with E-state index in [0.717, 1.165) is 5.69 Å². The number of phenols is 1. The lowest BCUT2D eigenvalue weighted by Crippen LogP contribution is -1.90. The number of aliphatic hydroxyl groups excluding tert-OH is 1. The van der Waals surface area contributed by atoms with Crippen LogP contribution in [0.15, 0.2) is 58.8 Å². The Morgan fingerprint density at radius 3 is 2.39 bits per heavy atom. The van der Waals surface area contributed by atoms with Crippen molar-refractivity contribution in [1.82, 2.24) is 0 Å². The number of nitrogens with zero attached hydrogens (tertiary/aromatic N) is 2. The molecule has 0 saturated carbocycles. The quantitative estimate of drug-likeness (QED) is 0.807. The van der Waals surface area contributed by atoms with Gasteiger partial charge in [0.15, 0.2) is 0 Å². The van der Waals surface area contributed by atoms with Gasteiger partial charge in [-0.05, 0) is 30.2 Å². The highest BCUT2D eigenvalue weighted by Crippen LogP contribution is 2.31. The van der Waals surface area contributed by atoms with Crippen molar-refractivity contribution in [3.05, 3.63) is 54.1 Å². The van der Waals surface area contributed by atoms with Gasteiger partial charge in [0.05, 0.1) is 5.69 Å². The lowest BCUT2D eigenvalue weighted by molar-refractivity contribution is 0.297. The largest absolute Gasteiger partial charge is 0.505 e. The molecule has 0 heterocycles. The van der Waals surface area contributed by atoms with Crippen LogP contribution in [0.4, 0.5) is 11.4 Å². The molecule has 2 aromatic carbocycles. The third-order valence-corrected chi connectivity index (χ3v) is 2.51. The third-order valence-electron chi connectivity index (χ3n) is 2.51. The smallest absolute Gasteiger partial charge is 0.146 e. The first-order chi connectivity index (χ1) is 8.81. The summed E-state index contributed by atoms with van der Waals surface area (Å²) in [6, 6.07) is 14.5. The normalized spacial score (nSPS) is 10.9. The maximum Gasteiger partial charge on any atom is 0.146 e. The van der Waals surface area contributed by atoms with E-state index in [0.29, 0.717) is 17.7 Å². The summed E-state index contributed by atoms with van der Waals surface area (Å²) in [5.41, 5.74) is 1.80. The zero-order chi connectivity index (χ0) is 12.8. The Morgan fingerprint density at radius 2 is 1.67 bits per heavy atom. The number of azo groups is 1. The molecule has 0 aliphatic rings. The van der Waals surface area contributed by atoms with Crippen LogP contribution in [0.1, 0.15) is 5.56 Å². The van der Waals surface area contributed by atoms with Crippen LogP contribution in [0.2, 0.25) is 0 Å². The van der Waals surface area contributed by atoms with Gasteiger partial charge in [-0.1, -0.05) is 30.3 Å². The molecule has 0 atom stereocenters. The van der Waals surface area contributed by atoms with E-state index >= 15 is 0 Å². The van der Waals surface area contributed by atoms with E-state index in [9.17, 15) is 5.11 Å². The second-order valence-corrected chi connectivity index (χ2v) is 3.79. The molecule has 4 heteroatoms. The molecule has 0 radical (unpaired) electrons. The zero-order valence-corrected chi connectivity index (χ0v) is 9.82. The molecule has 0 aliphatic heterocycles. The van der Waals surface area contributed by atoms with E-state index in [1.54, 1.807) is 18.2 Å². The summed E-state index contributed by atoms with van der Waals surface area (Å²) < 4.78 is 0. The lowest BCUT2D eigenvalue weighted by atomic mass is 10.1. The predicted octanol–water partition coefficient (Wildman–Crippen LogP) is 3.34. The summed E-state index contributed by atoms with van der Waals surface area (Å²) in [6.07, 6.45) is 0.403. The van der Waals surface area contributed by atoms with E-state index in [1.165, 1.54) is 0 Å². The van der Waals surface area contributed by atoms with Crippen LogP contribution in [-0.4, -0.2) is 16.8 Å². The molecule has 0 aliphatic carbocycles. The summed E-state index contributed by atoms with van der Waals surface area (Å²) in [6.45, 7) is -0.00710. The summed E-state index contributed by atoms with van der Waals surface area (Å²) >= 11 is 0. The SMILES string of the molecule is OCCc1cccc(N=Nc2ccccc2)c1O. The molecule has 0 unspecified atom stereocenters. The van der Waals surface area contributed by atoms with Crippen LogP contribution in [0.3, 0.4) is 0 Å². The van der Waals surface area contributed by atoms with Crippen molar-refractivity contribution in [2.75, 3.05) is 6.61 Å². The summed E-state index contributed by atoms with van der Waals surface area (Å²) in [5, 5.41) is 26.9. The van der Waals surface area contributed by atoms with Gasteiger partial charge in [-0.3, -0.25) is 0 Å². The van der Waals surface area contributed by atoms with Gasteiger partial charge >= 0.3 is 0 Å². The first-order valence-corrected chi connectivity index (χ1v) is 5.70. The molecule has 18 heavy (non-hydrogen) atoms. The van der Waals surface area contributed by atoms with Crippen LogP contribution in [0.25, 0.3) is 0 Å². The number of phenolic OH excluding ortho intramolecular Hbond substituents is 1. The average molecular weight is 242 g/mol. The highest BCUT2D eigenvalue weighted by Gasteiger charge is 2.05. The van der Waals surface area contributed by atoms with Crippen LogP contribution in [-0.2, 0) is 6.42 Å². The van der Waals surface area contributed by atoms with Crippen LogP contribution in [0.5, 0.6) is 5.75 Å². The second-order valence-electron chi connectivity index (χ2n) is 3.79. The van der Waals surface area contributed by atoms with Gasteiger partial charge in [0, 0.05) is 6.61 Å². The van der Waals surface area contributed by atoms with E-state index < -0.39 is 0 Å². The Kier molecular flexibility index (Phi) is 4.04. The van der Waals surface area contributed by atoms with Gasteiger partial charge in [0.2, 0.25) is 0 Å². The number of aliphatic hydroxyl groups is 1. The molecular weight excluding hydrogens is 228 g/mol. The van der Waals surface area contributed by atoms with Gasteiger partial charge in [0.25, 0.3) is 0 Å². The molecular formula is C14H14N2O2. The van der Waals surface area contributed by atoms with Crippen molar-refractivity contribution in [1.29, 1.82) is 0 Å². The summed E-state index contributed by atoms with van der Waals surface area (Å²) in [5.74, 6) is 0.0752. The number of hydrogen-bond donors (Lipinski definition) is 2.